The SMILES string of the molecule is C#CC(=O)O.C#CC(=O)OC1CCCCC1.OC1CCCCC1.[B]. The molecule has 2 fully saturated rings. The number of hydrogen-bond donors (Lipinski definition) is 2. The van der Waals surface area contributed by atoms with Gasteiger partial charge in [-0.25, -0.2) is 9.59 Å². The highest BCUT2D eigenvalue weighted by Gasteiger charge is 2.16. The van der Waals surface area contributed by atoms with E-state index >= 15 is 0 Å². The van der Waals surface area contributed by atoms with Crippen LogP contribution in [0.1, 0.15) is 64.2 Å². The van der Waals surface area contributed by atoms with E-state index in [2.05, 4.69) is 6.42 Å². The van der Waals surface area contributed by atoms with E-state index < -0.39 is 11.9 Å². The average molecular weight is 333 g/mol. The van der Waals surface area contributed by atoms with Gasteiger partial charge >= 0.3 is 11.9 Å². The lowest BCUT2D eigenvalue weighted by atomic mass is 9.98. The molecule has 2 aliphatic rings. The highest BCUT2D eigenvalue weighted by Crippen LogP contribution is 2.20. The summed E-state index contributed by atoms with van der Waals surface area (Å²) < 4.78 is 4.97. The number of carboxylic acids is 1. The fourth-order valence-electron chi connectivity index (χ4n) is 2.45. The first-order chi connectivity index (χ1) is 11.0. The lowest BCUT2D eigenvalue weighted by Crippen LogP contribution is -2.19. The van der Waals surface area contributed by atoms with Gasteiger partial charge in [-0.2, -0.15) is 0 Å². The highest BCUT2D eigenvalue weighted by molar-refractivity contribution is 5.87. The largest absolute Gasteiger partial charge is 0.472 e. The van der Waals surface area contributed by atoms with Crippen molar-refractivity contribution in [1.82, 2.24) is 0 Å². The highest BCUT2D eigenvalue weighted by atomic mass is 16.5. The zero-order chi connectivity index (χ0) is 17.5. The van der Waals surface area contributed by atoms with Crippen molar-refractivity contribution in [2.45, 2.75) is 76.4 Å². The van der Waals surface area contributed by atoms with E-state index in [9.17, 15) is 4.79 Å². The molecule has 0 spiro atoms. The van der Waals surface area contributed by atoms with Crippen molar-refractivity contribution < 1.29 is 24.5 Å². The number of carbonyl (C=O) groups is 2. The lowest BCUT2D eigenvalue weighted by Gasteiger charge is -2.20. The molecule has 0 saturated heterocycles. The van der Waals surface area contributed by atoms with E-state index in [0.717, 1.165) is 38.5 Å². The van der Waals surface area contributed by atoms with Gasteiger partial charge in [0.25, 0.3) is 0 Å². The normalized spacial score (nSPS) is 17.1. The van der Waals surface area contributed by atoms with Crippen molar-refractivity contribution in [3.63, 3.8) is 0 Å². The quantitative estimate of drug-likeness (QED) is 0.332. The second-order valence-corrected chi connectivity index (χ2v) is 5.55. The first-order valence-electron chi connectivity index (χ1n) is 8.04. The van der Waals surface area contributed by atoms with Gasteiger partial charge in [0.2, 0.25) is 0 Å². The summed E-state index contributed by atoms with van der Waals surface area (Å²) in [5.41, 5.74) is 0. The number of carboxylic acid groups (broad SMARTS) is 1. The molecule has 0 amide bonds. The zero-order valence-electron chi connectivity index (χ0n) is 14.1. The molecule has 0 unspecified atom stereocenters. The van der Waals surface area contributed by atoms with Gasteiger partial charge in [-0.3, -0.25) is 0 Å². The van der Waals surface area contributed by atoms with E-state index in [4.69, 9.17) is 26.2 Å². The van der Waals surface area contributed by atoms with Crippen LogP contribution in [-0.2, 0) is 14.3 Å². The number of hydrogen-bond acceptors (Lipinski definition) is 4. The molecule has 0 aromatic heterocycles. The Morgan fingerprint density at radius 3 is 1.58 bits per heavy atom. The first kappa shape index (κ1) is 24.3. The molecule has 5 nitrogen and oxygen atoms in total. The predicted molar refractivity (Wildman–Crippen MR) is 93.1 cm³/mol. The fraction of sp³-hybridized carbons (Fsp3) is 0.667. The number of rotatable bonds is 1. The van der Waals surface area contributed by atoms with Crippen molar-refractivity contribution in [3.05, 3.63) is 0 Å². The minimum atomic E-state index is -1.22. The molecule has 0 aromatic carbocycles. The van der Waals surface area contributed by atoms with Gasteiger partial charge in [0.1, 0.15) is 6.10 Å². The number of carbonyl (C=O) groups excluding carboxylic acids is 1. The van der Waals surface area contributed by atoms with Crippen LogP contribution in [0.2, 0.25) is 0 Å². The standard InChI is InChI=1S/C9H12O2.C6H12O.C3H2O2.B/c1-2-9(10)11-8-6-4-3-5-7-8;7-6-4-2-1-3-5-6;1-2-3(4)5;/h1,8H,3-7H2;6-7H,1-5H2;1H,(H,4,5);. The van der Waals surface area contributed by atoms with Crippen LogP contribution >= 0.6 is 0 Å². The summed E-state index contributed by atoms with van der Waals surface area (Å²) in [6.45, 7) is 0. The van der Waals surface area contributed by atoms with Crippen molar-refractivity contribution in [2.75, 3.05) is 0 Å². The van der Waals surface area contributed by atoms with Crippen LogP contribution in [0.3, 0.4) is 0 Å². The van der Waals surface area contributed by atoms with Gasteiger partial charge in [-0.15, -0.1) is 12.8 Å². The number of terminal acetylenes is 2. The van der Waals surface area contributed by atoms with Crippen LogP contribution < -0.4 is 0 Å². The molecule has 3 radical (unpaired) electrons. The summed E-state index contributed by atoms with van der Waals surface area (Å²) in [6.07, 6.45) is 20.7. The maximum Gasteiger partial charge on any atom is 0.384 e. The summed E-state index contributed by atoms with van der Waals surface area (Å²) in [5, 5.41) is 16.4. The number of ether oxygens (including phenoxy) is 1. The Balaban J connectivity index is 0. The molecule has 0 heterocycles. The van der Waals surface area contributed by atoms with Crippen molar-refractivity contribution in [2.24, 2.45) is 0 Å². The van der Waals surface area contributed by atoms with Crippen LogP contribution in [-0.4, -0.2) is 42.8 Å². The van der Waals surface area contributed by atoms with Gasteiger partial charge in [-0.1, -0.05) is 25.7 Å². The number of aliphatic hydroxyl groups is 1. The van der Waals surface area contributed by atoms with Gasteiger partial charge in [-0.05, 0) is 38.5 Å². The molecule has 2 aliphatic carbocycles. The molecule has 0 aromatic rings. The molecule has 0 atom stereocenters. The third-order valence-electron chi connectivity index (χ3n) is 3.64. The second-order valence-electron chi connectivity index (χ2n) is 5.55. The predicted octanol–water partition coefficient (Wildman–Crippen LogP) is 2.13. The summed E-state index contributed by atoms with van der Waals surface area (Å²) >= 11 is 0. The molecular formula is C18H26BO5. The molecule has 2 saturated carbocycles. The Bertz CT molecular complexity index is 424. The number of aliphatic hydroxyl groups excluding tert-OH is 1. The molecule has 6 heteroatoms. The maximum atomic E-state index is 10.6. The summed E-state index contributed by atoms with van der Waals surface area (Å²) in [7, 11) is 0. The van der Waals surface area contributed by atoms with Gasteiger partial charge in [0.15, 0.2) is 0 Å². The van der Waals surface area contributed by atoms with E-state index in [1.165, 1.54) is 31.6 Å². The minimum absolute atomic E-state index is 0. The Hall–Kier alpha value is -1.92. The van der Waals surface area contributed by atoms with Gasteiger partial charge in [0.05, 0.1) is 6.10 Å². The summed E-state index contributed by atoms with van der Waals surface area (Å²) in [6, 6.07) is 0. The second kappa shape index (κ2) is 16.0. The molecule has 131 valence electrons. The first-order valence-corrected chi connectivity index (χ1v) is 8.04. The number of esters is 1. The van der Waals surface area contributed by atoms with E-state index in [0.29, 0.717) is 0 Å². The molecule has 2 N–H and O–H groups in total. The molecule has 0 aliphatic heterocycles. The van der Waals surface area contributed by atoms with E-state index in [1.54, 1.807) is 0 Å². The number of aliphatic carboxylic acids is 1. The van der Waals surface area contributed by atoms with Crippen molar-refractivity contribution in [3.8, 4) is 24.7 Å². The fourth-order valence-corrected chi connectivity index (χ4v) is 2.45. The molecule has 24 heavy (non-hydrogen) atoms. The summed E-state index contributed by atoms with van der Waals surface area (Å²) in [5.74, 6) is 1.66. The van der Waals surface area contributed by atoms with Crippen LogP contribution in [0.25, 0.3) is 0 Å². The Labute approximate surface area is 146 Å². The van der Waals surface area contributed by atoms with E-state index in [-0.39, 0.29) is 20.6 Å². The van der Waals surface area contributed by atoms with E-state index in [1.807, 2.05) is 5.92 Å². The average Bonchev–Trinajstić information content (AvgIpc) is 2.57. The zero-order valence-corrected chi connectivity index (χ0v) is 14.1. The minimum Gasteiger partial charge on any atom is -0.472 e. The molecular weight excluding hydrogens is 307 g/mol. The maximum absolute atomic E-state index is 10.6. The van der Waals surface area contributed by atoms with Crippen LogP contribution in [0.15, 0.2) is 0 Å². The Morgan fingerprint density at radius 2 is 1.29 bits per heavy atom. The third-order valence-corrected chi connectivity index (χ3v) is 3.64. The van der Waals surface area contributed by atoms with Crippen LogP contribution in [0, 0.1) is 24.7 Å². The topological polar surface area (TPSA) is 83.8 Å². The summed E-state index contributed by atoms with van der Waals surface area (Å²) in [4.78, 5) is 19.8. The van der Waals surface area contributed by atoms with Crippen LogP contribution in [0.5, 0.6) is 0 Å². The Morgan fingerprint density at radius 1 is 0.875 bits per heavy atom. The lowest BCUT2D eigenvalue weighted by molar-refractivity contribution is -0.143. The van der Waals surface area contributed by atoms with Crippen molar-refractivity contribution >= 4 is 20.4 Å². The van der Waals surface area contributed by atoms with Crippen molar-refractivity contribution in [1.29, 1.82) is 0 Å². The smallest absolute Gasteiger partial charge is 0.384 e. The van der Waals surface area contributed by atoms with Gasteiger partial charge < -0.3 is 14.9 Å². The Kier molecular flexibility index (Phi) is 16.2. The molecule has 2 rings (SSSR count). The third kappa shape index (κ3) is 15.0. The van der Waals surface area contributed by atoms with Gasteiger partial charge in [0, 0.05) is 20.3 Å². The monoisotopic (exact) mass is 333 g/mol. The van der Waals surface area contributed by atoms with Crippen LogP contribution in [0.4, 0.5) is 0 Å². The molecule has 0 bridgehead atoms.